The number of hydrogen-bond donors (Lipinski definition) is 0. The molecular formula is C14H14N2O5. The maximum atomic E-state index is 12.6. The van der Waals surface area contributed by atoms with Crippen molar-refractivity contribution < 1.29 is 24.0 Å². The van der Waals surface area contributed by atoms with E-state index in [4.69, 9.17) is 0 Å². The number of carbonyl (C=O) groups excluding carboxylic acids is 5. The third-order valence-corrected chi connectivity index (χ3v) is 4.79. The lowest BCUT2D eigenvalue weighted by molar-refractivity contribution is -0.145. The molecule has 2 fully saturated rings. The van der Waals surface area contributed by atoms with Crippen LogP contribution < -0.4 is 0 Å². The van der Waals surface area contributed by atoms with Crippen LogP contribution >= 0.6 is 0 Å². The molecule has 7 heteroatoms. The molecule has 0 aromatic carbocycles. The highest BCUT2D eigenvalue weighted by atomic mass is 16.2. The second-order valence-electron chi connectivity index (χ2n) is 5.74. The SMILES string of the molecule is CN1C(=O)C[C@H]([C@@]23C=CC(=O)C[C@@H]2C(=O)N(C)C3=O)C1=O. The summed E-state index contributed by atoms with van der Waals surface area (Å²) in [7, 11) is 2.70. The van der Waals surface area contributed by atoms with Crippen LogP contribution in [0.4, 0.5) is 0 Å². The number of imide groups is 2. The summed E-state index contributed by atoms with van der Waals surface area (Å²) in [6, 6.07) is 0. The first-order valence-corrected chi connectivity index (χ1v) is 6.65. The van der Waals surface area contributed by atoms with E-state index in [1.54, 1.807) is 0 Å². The van der Waals surface area contributed by atoms with Gasteiger partial charge in [-0.05, 0) is 6.08 Å². The summed E-state index contributed by atoms with van der Waals surface area (Å²) in [4.78, 5) is 62.4. The number of fused-ring (bicyclic) bond motifs is 1. The lowest BCUT2D eigenvalue weighted by Gasteiger charge is -2.34. The van der Waals surface area contributed by atoms with Gasteiger partial charge in [-0.15, -0.1) is 0 Å². The maximum Gasteiger partial charge on any atom is 0.240 e. The van der Waals surface area contributed by atoms with Crippen LogP contribution in [-0.2, 0) is 24.0 Å². The molecule has 0 aromatic rings. The molecule has 2 heterocycles. The number of nitrogens with zero attached hydrogens (tertiary/aromatic N) is 2. The zero-order valence-corrected chi connectivity index (χ0v) is 11.7. The molecule has 110 valence electrons. The van der Waals surface area contributed by atoms with Crippen LogP contribution in [0.1, 0.15) is 12.8 Å². The number of ketones is 1. The zero-order chi connectivity index (χ0) is 15.5. The van der Waals surface area contributed by atoms with E-state index < -0.39 is 35.0 Å². The van der Waals surface area contributed by atoms with E-state index in [1.165, 1.54) is 26.2 Å². The van der Waals surface area contributed by atoms with E-state index in [9.17, 15) is 24.0 Å². The Kier molecular flexibility index (Phi) is 2.66. The first-order chi connectivity index (χ1) is 9.80. The molecule has 0 saturated carbocycles. The monoisotopic (exact) mass is 290 g/mol. The highest BCUT2D eigenvalue weighted by Crippen LogP contribution is 2.52. The van der Waals surface area contributed by atoms with Gasteiger partial charge in [-0.1, -0.05) is 6.08 Å². The van der Waals surface area contributed by atoms with Crippen LogP contribution in [0.2, 0.25) is 0 Å². The molecule has 2 saturated heterocycles. The Morgan fingerprint density at radius 2 is 1.52 bits per heavy atom. The molecule has 3 aliphatic rings. The molecule has 3 rings (SSSR count). The van der Waals surface area contributed by atoms with Crippen molar-refractivity contribution >= 4 is 29.4 Å². The fourth-order valence-electron chi connectivity index (χ4n) is 3.56. The lowest BCUT2D eigenvalue weighted by atomic mass is 9.63. The van der Waals surface area contributed by atoms with Crippen molar-refractivity contribution in [2.75, 3.05) is 14.1 Å². The number of allylic oxidation sites excluding steroid dienone is 1. The summed E-state index contributed by atoms with van der Waals surface area (Å²) in [6.45, 7) is 0. The topological polar surface area (TPSA) is 91.8 Å². The number of rotatable bonds is 1. The van der Waals surface area contributed by atoms with Crippen molar-refractivity contribution in [3.05, 3.63) is 12.2 Å². The number of hydrogen-bond acceptors (Lipinski definition) is 5. The number of carbonyl (C=O) groups is 5. The summed E-state index contributed by atoms with van der Waals surface area (Å²) in [6.07, 6.45) is 2.39. The van der Waals surface area contributed by atoms with Crippen molar-refractivity contribution in [3.8, 4) is 0 Å². The van der Waals surface area contributed by atoms with Gasteiger partial charge in [0.15, 0.2) is 5.78 Å². The van der Waals surface area contributed by atoms with Crippen molar-refractivity contribution in [2.24, 2.45) is 17.3 Å². The Hall–Kier alpha value is -2.31. The van der Waals surface area contributed by atoms with E-state index >= 15 is 0 Å². The van der Waals surface area contributed by atoms with Gasteiger partial charge in [-0.3, -0.25) is 33.8 Å². The molecule has 7 nitrogen and oxygen atoms in total. The average molecular weight is 290 g/mol. The van der Waals surface area contributed by atoms with Crippen LogP contribution in [0.3, 0.4) is 0 Å². The van der Waals surface area contributed by atoms with Gasteiger partial charge < -0.3 is 0 Å². The van der Waals surface area contributed by atoms with Crippen molar-refractivity contribution in [2.45, 2.75) is 12.8 Å². The smallest absolute Gasteiger partial charge is 0.240 e. The van der Waals surface area contributed by atoms with Crippen LogP contribution in [0.5, 0.6) is 0 Å². The van der Waals surface area contributed by atoms with Gasteiger partial charge in [0.2, 0.25) is 23.6 Å². The second-order valence-corrected chi connectivity index (χ2v) is 5.74. The predicted molar refractivity (Wildman–Crippen MR) is 68.3 cm³/mol. The maximum absolute atomic E-state index is 12.6. The third kappa shape index (κ3) is 1.51. The Labute approximate surface area is 120 Å². The molecule has 1 aliphatic carbocycles. The number of amides is 4. The number of likely N-dealkylation sites (tertiary alicyclic amines) is 2. The molecule has 21 heavy (non-hydrogen) atoms. The molecule has 0 unspecified atom stereocenters. The zero-order valence-electron chi connectivity index (χ0n) is 11.7. The Morgan fingerprint density at radius 1 is 0.952 bits per heavy atom. The van der Waals surface area contributed by atoms with Gasteiger partial charge in [0.1, 0.15) is 0 Å². The van der Waals surface area contributed by atoms with Gasteiger partial charge in [0, 0.05) is 26.9 Å². The summed E-state index contributed by atoms with van der Waals surface area (Å²) < 4.78 is 0. The highest BCUT2D eigenvalue weighted by molar-refractivity contribution is 6.16. The fraction of sp³-hybridized carbons (Fsp3) is 0.500. The van der Waals surface area contributed by atoms with Gasteiger partial charge in [-0.25, -0.2) is 0 Å². The first kappa shape index (κ1) is 13.7. The second kappa shape index (κ2) is 4.09. The van der Waals surface area contributed by atoms with Crippen LogP contribution in [-0.4, -0.2) is 53.3 Å². The van der Waals surface area contributed by atoms with E-state index in [2.05, 4.69) is 0 Å². The molecule has 3 atom stereocenters. The molecule has 0 radical (unpaired) electrons. The minimum atomic E-state index is -1.39. The molecule has 0 N–H and O–H groups in total. The standard InChI is InChI=1S/C14H14N2O5/c1-15-10(18)6-9(11(15)19)14-4-3-7(17)5-8(14)12(20)16(2)13(14)21/h3-4,8-9H,5-6H2,1-2H3/t8-,9+,14-/m1/s1. The van der Waals surface area contributed by atoms with Crippen molar-refractivity contribution in [3.63, 3.8) is 0 Å². The highest BCUT2D eigenvalue weighted by Gasteiger charge is 2.65. The molecule has 0 aromatic heterocycles. The van der Waals surface area contributed by atoms with Crippen LogP contribution in [0, 0.1) is 17.3 Å². The Bertz CT molecular complexity index is 637. The summed E-state index contributed by atoms with van der Waals surface area (Å²) in [5, 5.41) is 0. The fourth-order valence-corrected chi connectivity index (χ4v) is 3.56. The van der Waals surface area contributed by atoms with E-state index in [0.717, 1.165) is 9.80 Å². The summed E-state index contributed by atoms with van der Waals surface area (Å²) >= 11 is 0. The molecule has 2 aliphatic heterocycles. The van der Waals surface area contributed by atoms with E-state index in [-0.39, 0.29) is 24.5 Å². The summed E-state index contributed by atoms with van der Waals surface area (Å²) in [5.41, 5.74) is -1.39. The van der Waals surface area contributed by atoms with Crippen molar-refractivity contribution in [1.82, 2.24) is 9.80 Å². The Morgan fingerprint density at radius 3 is 2.10 bits per heavy atom. The van der Waals surface area contributed by atoms with Gasteiger partial charge in [0.05, 0.1) is 17.3 Å². The average Bonchev–Trinajstić information content (AvgIpc) is 2.82. The van der Waals surface area contributed by atoms with Crippen molar-refractivity contribution in [1.29, 1.82) is 0 Å². The largest absolute Gasteiger partial charge is 0.295 e. The third-order valence-electron chi connectivity index (χ3n) is 4.79. The summed E-state index contributed by atoms with van der Waals surface area (Å²) in [5.74, 6) is -3.88. The van der Waals surface area contributed by atoms with Crippen LogP contribution in [0.25, 0.3) is 0 Å². The van der Waals surface area contributed by atoms with Gasteiger partial charge in [0.25, 0.3) is 0 Å². The minimum absolute atomic E-state index is 0.104. The van der Waals surface area contributed by atoms with E-state index in [1.807, 2.05) is 0 Å². The molecule has 4 amide bonds. The quantitative estimate of drug-likeness (QED) is 0.585. The molecule has 0 bridgehead atoms. The lowest BCUT2D eigenvalue weighted by Crippen LogP contribution is -2.46. The van der Waals surface area contributed by atoms with E-state index in [0.29, 0.717) is 0 Å². The first-order valence-electron chi connectivity index (χ1n) is 6.65. The normalized spacial score (nSPS) is 36.0. The Balaban J connectivity index is 2.16. The minimum Gasteiger partial charge on any atom is -0.295 e. The van der Waals surface area contributed by atoms with Gasteiger partial charge >= 0.3 is 0 Å². The molecule has 0 spiro atoms. The van der Waals surface area contributed by atoms with Gasteiger partial charge in [-0.2, -0.15) is 0 Å². The van der Waals surface area contributed by atoms with Crippen LogP contribution in [0.15, 0.2) is 12.2 Å². The molecular weight excluding hydrogens is 276 g/mol. The predicted octanol–water partition coefficient (Wildman–Crippen LogP) is -0.878.